The summed E-state index contributed by atoms with van der Waals surface area (Å²) in [5.41, 5.74) is 8.93. The van der Waals surface area contributed by atoms with Crippen molar-refractivity contribution in [2.45, 2.75) is 20.1 Å². The van der Waals surface area contributed by atoms with Crippen molar-refractivity contribution in [2.24, 2.45) is 0 Å². The molecule has 4 heterocycles. The minimum atomic E-state index is -0.199. The number of anilines is 2. The number of benzene rings is 1. The fourth-order valence-corrected chi connectivity index (χ4v) is 4.24. The Balaban J connectivity index is 1.23. The van der Waals surface area contributed by atoms with E-state index in [1.807, 2.05) is 23.7 Å². The topological polar surface area (TPSA) is 103 Å². The second-order valence-electron chi connectivity index (χ2n) is 8.02. The second kappa shape index (κ2) is 8.32. The molecule has 5 rings (SSSR count). The molecule has 0 radical (unpaired) electrons. The first-order valence-corrected chi connectivity index (χ1v) is 10.6. The normalized spacial score (nSPS) is 15.3. The first-order valence-electron chi connectivity index (χ1n) is 10.6. The lowest BCUT2D eigenvalue weighted by atomic mass is 10.1. The summed E-state index contributed by atoms with van der Waals surface area (Å²) in [4.78, 5) is 13.4. The number of nitrogens with zero attached hydrogens (tertiary/aromatic N) is 8. The van der Waals surface area contributed by atoms with Crippen LogP contribution >= 0.6 is 0 Å². The van der Waals surface area contributed by atoms with Crippen molar-refractivity contribution in [3.8, 4) is 0 Å². The highest BCUT2D eigenvalue weighted by atomic mass is 19.1. The number of hydrogen-bond donors (Lipinski definition) is 1. The molecule has 1 aromatic carbocycles. The Morgan fingerprint density at radius 1 is 1.09 bits per heavy atom. The van der Waals surface area contributed by atoms with Crippen LogP contribution in [0.1, 0.15) is 11.4 Å². The Kier molecular flexibility index (Phi) is 5.35. The molecule has 32 heavy (non-hydrogen) atoms. The zero-order valence-corrected chi connectivity index (χ0v) is 18.2. The number of nitrogen functional groups attached to an aromatic ring is 1. The summed E-state index contributed by atoms with van der Waals surface area (Å²) >= 11 is 0. The van der Waals surface area contributed by atoms with Crippen LogP contribution in [0.3, 0.4) is 0 Å². The van der Waals surface area contributed by atoms with E-state index < -0.39 is 0 Å². The Morgan fingerprint density at radius 2 is 1.91 bits per heavy atom. The van der Waals surface area contributed by atoms with Crippen LogP contribution in [0.4, 0.5) is 16.0 Å². The third-order valence-corrected chi connectivity index (χ3v) is 5.87. The molecule has 1 aliphatic heterocycles. The molecule has 4 aromatic rings. The van der Waals surface area contributed by atoms with Crippen molar-refractivity contribution in [2.75, 3.05) is 50.5 Å². The zero-order chi connectivity index (χ0) is 22.2. The zero-order valence-electron chi connectivity index (χ0n) is 18.2. The van der Waals surface area contributed by atoms with Gasteiger partial charge in [0.2, 0.25) is 5.95 Å². The van der Waals surface area contributed by atoms with Crippen LogP contribution in [0.25, 0.3) is 16.7 Å². The van der Waals surface area contributed by atoms with Crippen molar-refractivity contribution >= 4 is 28.3 Å². The Bertz CT molecular complexity index is 1260. The van der Waals surface area contributed by atoms with E-state index in [0.29, 0.717) is 41.9 Å². The molecule has 0 amide bonds. The molecule has 10 nitrogen and oxygen atoms in total. The first-order chi connectivity index (χ1) is 15.5. The SMILES string of the molecule is COCc1ccc(N2CCN(CCn3ncc4c3nc(N)n3nc(C)nc43)CC2)c(F)c1. The van der Waals surface area contributed by atoms with Gasteiger partial charge >= 0.3 is 0 Å². The monoisotopic (exact) mass is 439 g/mol. The molecule has 0 spiro atoms. The van der Waals surface area contributed by atoms with Gasteiger partial charge in [-0.15, -0.1) is 5.10 Å². The molecule has 1 fully saturated rings. The molecule has 0 aliphatic carbocycles. The summed E-state index contributed by atoms with van der Waals surface area (Å²) in [5, 5.41) is 9.61. The Morgan fingerprint density at radius 3 is 2.66 bits per heavy atom. The van der Waals surface area contributed by atoms with E-state index in [-0.39, 0.29) is 5.82 Å². The van der Waals surface area contributed by atoms with Gasteiger partial charge in [-0.2, -0.15) is 14.6 Å². The van der Waals surface area contributed by atoms with Gasteiger partial charge in [0.15, 0.2) is 11.3 Å². The standard InChI is InChI=1S/C21H26FN9O/c1-14-25-20-16-12-24-30(19(16)26-21(23)31(20)27-14)10-7-28-5-8-29(9-6-28)18-4-3-15(13-32-2)11-17(18)22/h3-4,11-12H,5-10,13H2,1-2H3,(H2,23,26). The van der Waals surface area contributed by atoms with Gasteiger partial charge in [0.25, 0.3) is 0 Å². The summed E-state index contributed by atoms with van der Waals surface area (Å²) in [6.45, 7) is 6.97. The van der Waals surface area contributed by atoms with Gasteiger partial charge < -0.3 is 15.4 Å². The molecule has 3 aromatic heterocycles. The summed E-state index contributed by atoms with van der Waals surface area (Å²) in [7, 11) is 1.61. The first kappa shape index (κ1) is 20.6. The molecule has 0 atom stereocenters. The summed E-state index contributed by atoms with van der Waals surface area (Å²) in [5.74, 6) is 0.734. The second-order valence-corrected chi connectivity index (χ2v) is 8.02. The summed E-state index contributed by atoms with van der Waals surface area (Å²) in [6, 6.07) is 5.32. The fraction of sp³-hybridized carbons (Fsp3) is 0.429. The van der Waals surface area contributed by atoms with E-state index in [0.717, 1.165) is 43.7 Å². The van der Waals surface area contributed by atoms with Crippen molar-refractivity contribution in [1.82, 2.24) is 34.3 Å². The van der Waals surface area contributed by atoms with Gasteiger partial charge in [-0.25, -0.2) is 14.1 Å². The molecular formula is C21H26FN9O. The highest BCUT2D eigenvalue weighted by Crippen LogP contribution is 2.23. The molecule has 0 bridgehead atoms. The van der Waals surface area contributed by atoms with E-state index in [1.165, 1.54) is 0 Å². The van der Waals surface area contributed by atoms with Crippen molar-refractivity contribution in [3.63, 3.8) is 0 Å². The lowest BCUT2D eigenvalue weighted by Crippen LogP contribution is -2.47. The highest BCUT2D eigenvalue weighted by molar-refractivity contribution is 5.89. The minimum absolute atomic E-state index is 0.199. The molecule has 0 saturated carbocycles. The third kappa shape index (κ3) is 3.73. The predicted octanol–water partition coefficient (Wildman–Crippen LogP) is 1.47. The molecule has 1 saturated heterocycles. The van der Waals surface area contributed by atoms with Crippen molar-refractivity contribution < 1.29 is 9.13 Å². The lowest BCUT2D eigenvalue weighted by molar-refractivity contribution is 0.184. The van der Waals surface area contributed by atoms with E-state index in [1.54, 1.807) is 23.9 Å². The molecule has 11 heteroatoms. The number of rotatable bonds is 6. The fourth-order valence-electron chi connectivity index (χ4n) is 4.24. The van der Waals surface area contributed by atoms with Crippen molar-refractivity contribution in [1.29, 1.82) is 0 Å². The molecule has 0 unspecified atom stereocenters. The smallest absolute Gasteiger partial charge is 0.225 e. The van der Waals surface area contributed by atoms with Crippen LogP contribution in [0.2, 0.25) is 0 Å². The van der Waals surface area contributed by atoms with Crippen LogP contribution in [0, 0.1) is 12.7 Å². The number of fused-ring (bicyclic) bond motifs is 3. The van der Waals surface area contributed by atoms with E-state index in [4.69, 9.17) is 10.5 Å². The van der Waals surface area contributed by atoms with Gasteiger partial charge in [0.05, 0.1) is 30.4 Å². The van der Waals surface area contributed by atoms with Crippen LogP contribution in [0.5, 0.6) is 0 Å². The molecular weight excluding hydrogens is 413 g/mol. The maximum absolute atomic E-state index is 14.5. The van der Waals surface area contributed by atoms with Crippen LogP contribution in [-0.2, 0) is 17.9 Å². The average molecular weight is 439 g/mol. The van der Waals surface area contributed by atoms with E-state index in [2.05, 4.69) is 30.0 Å². The van der Waals surface area contributed by atoms with Gasteiger partial charge in [0, 0.05) is 39.8 Å². The number of aryl methyl sites for hydroxylation is 1. The lowest BCUT2D eigenvalue weighted by Gasteiger charge is -2.36. The van der Waals surface area contributed by atoms with Gasteiger partial charge in [-0.3, -0.25) is 4.90 Å². The number of piperazine rings is 1. The third-order valence-electron chi connectivity index (χ3n) is 5.87. The number of halogens is 1. The van der Waals surface area contributed by atoms with Crippen molar-refractivity contribution in [3.05, 3.63) is 41.6 Å². The van der Waals surface area contributed by atoms with Gasteiger partial charge in [0.1, 0.15) is 11.6 Å². The Hall–Kier alpha value is -3.31. The van der Waals surface area contributed by atoms with Crippen LogP contribution in [0.15, 0.2) is 24.4 Å². The summed E-state index contributed by atoms with van der Waals surface area (Å²) in [6.07, 6.45) is 1.76. The maximum Gasteiger partial charge on any atom is 0.225 e. The molecule has 1 aliphatic rings. The maximum atomic E-state index is 14.5. The van der Waals surface area contributed by atoms with Gasteiger partial charge in [-0.1, -0.05) is 6.07 Å². The van der Waals surface area contributed by atoms with E-state index >= 15 is 0 Å². The number of aromatic nitrogens is 6. The Labute approximate surface area is 184 Å². The predicted molar refractivity (Wildman–Crippen MR) is 119 cm³/mol. The number of hydrogen-bond acceptors (Lipinski definition) is 8. The largest absolute Gasteiger partial charge is 0.380 e. The number of methoxy groups -OCH3 is 1. The van der Waals surface area contributed by atoms with Crippen LogP contribution in [-0.4, -0.2) is 74.1 Å². The van der Waals surface area contributed by atoms with E-state index in [9.17, 15) is 4.39 Å². The molecule has 2 N–H and O–H groups in total. The quantitative estimate of drug-likeness (QED) is 0.482. The average Bonchev–Trinajstić information content (AvgIpc) is 3.36. The number of nitrogens with two attached hydrogens (primary N) is 1. The van der Waals surface area contributed by atoms with Gasteiger partial charge in [-0.05, 0) is 24.6 Å². The number of ether oxygens (including phenoxy) is 1. The highest BCUT2D eigenvalue weighted by Gasteiger charge is 2.20. The minimum Gasteiger partial charge on any atom is -0.380 e. The summed E-state index contributed by atoms with van der Waals surface area (Å²) < 4.78 is 23.0. The molecule has 168 valence electrons. The van der Waals surface area contributed by atoms with Crippen LogP contribution < -0.4 is 10.6 Å².